The van der Waals surface area contributed by atoms with Crippen molar-refractivity contribution in [2.45, 2.75) is 137 Å². The van der Waals surface area contributed by atoms with Gasteiger partial charge in [0, 0.05) is 12.1 Å². The molecule has 1 aliphatic heterocycles. The number of fused-ring (bicyclic) bond motifs is 1. The Morgan fingerprint density at radius 3 is 2.16 bits per heavy atom. The summed E-state index contributed by atoms with van der Waals surface area (Å²) in [6.07, 6.45) is 10.9. The SMILES string of the molecule is CCC[CH2][Sn]([CH2]CCC)([CH2]CCC)[c]1cn2cnc(C(=O)[C@@H]3C[C@@H](O[Si](C)(C)C(C)(C)C)CN3C(=O)OCc3ccc([N+](=O)[O-])cc3)c2s1. The van der Waals surface area contributed by atoms with E-state index in [4.69, 9.17) is 9.16 Å². The van der Waals surface area contributed by atoms with Gasteiger partial charge in [0.25, 0.3) is 5.69 Å². The summed E-state index contributed by atoms with van der Waals surface area (Å²) >= 11 is -0.969. The molecule has 1 aromatic carbocycles. The fourth-order valence-electron chi connectivity index (χ4n) is 6.53. The molecule has 3 heterocycles. The van der Waals surface area contributed by atoms with Gasteiger partial charge in [0.2, 0.25) is 0 Å². The summed E-state index contributed by atoms with van der Waals surface area (Å²) in [5, 5.41) is 11.0. The number of Topliss-reactive ketones (excluding diaryl/α,β-unsaturated/α-hetero) is 1. The van der Waals surface area contributed by atoms with Crippen LogP contribution in [0.1, 0.15) is 103 Å². The van der Waals surface area contributed by atoms with Crippen LogP contribution in [0.4, 0.5) is 10.5 Å². The van der Waals surface area contributed by atoms with Gasteiger partial charge in [0.1, 0.15) is 0 Å². The molecule has 0 saturated carbocycles. The fraction of sp³-hybridized carbons (Fsp3) is 0.639. The number of unbranched alkanes of at least 4 members (excludes halogenated alkanes) is 3. The minimum absolute atomic E-state index is 0.0311. The van der Waals surface area contributed by atoms with Crippen molar-refractivity contribution in [3.05, 3.63) is 58.2 Å². The number of hydrogen-bond acceptors (Lipinski definition) is 8. The third kappa shape index (κ3) is 9.34. The molecule has 0 bridgehead atoms. The van der Waals surface area contributed by atoms with E-state index in [0.717, 1.165) is 4.83 Å². The van der Waals surface area contributed by atoms with Gasteiger partial charge in [-0.15, -0.1) is 0 Å². The van der Waals surface area contributed by atoms with Crippen molar-refractivity contribution in [2.24, 2.45) is 0 Å². The summed E-state index contributed by atoms with van der Waals surface area (Å²) < 4.78 is 20.1. The first-order valence-corrected chi connectivity index (χ1v) is 29.2. The molecule has 2 atom stereocenters. The van der Waals surface area contributed by atoms with Crippen LogP contribution in [0.3, 0.4) is 0 Å². The van der Waals surface area contributed by atoms with E-state index in [1.165, 1.54) is 71.8 Å². The molecule has 49 heavy (non-hydrogen) atoms. The van der Waals surface area contributed by atoms with E-state index < -0.39 is 43.8 Å². The summed E-state index contributed by atoms with van der Waals surface area (Å²) in [6, 6.07) is 5.16. The molecule has 1 fully saturated rings. The number of nitrogens with zero attached hydrogens (tertiary/aromatic N) is 4. The first kappa shape index (κ1) is 39.5. The third-order valence-electron chi connectivity index (χ3n) is 10.6. The van der Waals surface area contributed by atoms with Gasteiger partial charge in [0.05, 0.1) is 4.92 Å². The Kier molecular flexibility index (Phi) is 13.6. The summed E-state index contributed by atoms with van der Waals surface area (Å²) in [7, 11) is -2.20. The molecule has 270 valence electrons. The number of likely N-dealkylation sites (tertiary alicyclic amines) is 1. The summed E-state index contributed by atoms with van der Waals surface area (Å²) in [5.41, 5.74) is 1.02. The number of aromatic nitrogens is 2. The number of amides is 1. The second kappa shape index (κ2) is 16.8. The van der Waals surface area contributed by atoms with E-state index in [9.17, 15) is 19.7 Å². The van der Waals surface area contributed by atoms with Crippen LogP contribution in [0.25, 0.3) is 4.83 Å². The second-order valence-electron chi connectivity index (χ2n) is 15.2. The van der Waals surface area contributed by atoms with E-state index in [1.807, 2.05) is 0 Å². The minimum atomic E-state index is -2.75. The van der Waals surface area contributed by atoms with Crippen LogP contribution < -0.4 is 2.89 Å². The number of imidazole rings is 1. The molecule has 13 heteroatoms. The van der Waals surface area contributed by atoms with E-state index in [2.05, 4.69) is 70.2 Å². The van der Waals surface area contributed by atoms with Crippen LogP contribution in [0.5, 0.6) is 0 Å². The molecule has 10 nitrogen and oxygen atoms in total. The van der Waals surface area contributed by atoms with Crippen molar-refractivity contribution in [3.63, 3.8) is 0 Å². The zero-order chi connectivity index (χ0) is 36.0. The average Bonchev–Trinajstić information content (AvgIpc) is 3.78. The van der Waals surface area contributed by atoms with Crippen LogP contribution in [0, 0.1) is 10.1 Å². The molecule has 0 radical (unpaired) electrons. The van der Waals surface area contributed by atoms with Crippen LogP contribution in [0.2, 0.25) is 31.4 Å². The maximum absolute atomic E-state index is 14.5. The Morgan fingerprint density at radius 2 is 1.63 bits per heavy atom. The standard InChI is InChI=1S/C24H29N4O6SSi.3C4H9.Sn/c1-24(2,3)36(4,5)34-18-12-19(21(29)20-22-26(15-25-20)10-11-35-22)27(13-18)23(30)33-14-16-6-8-17(9-7-16)28(31)32;3*1-3-4-2;/h6-10,15,18-19H,12-14H2,1-5H3;3*1,3-4H2,2H3;/t18-,19+;;;;/m1..../s1. The molecule has 2 aromatic heterocycles. The molecule has 0 N–H and O–H groups in total. The Balaban J connectivity index is 1.64. The predicted octanol–water partition coefficient (Wildman–Crippen LogP) is 9.34. The summed E-state index contributed by atoms with van der Waals surface area (Å²) in [4.78, 5) is 45.8. The van der Waals surface area contributed by atoms with Gasteiger partial charge in [-0.05, 0) is 0 Å². The van der Waals surface area contributed by atoms with E-state index in [0.29, 0.717) is 17.7 Å². The zero-order valence-corrected chi connectivity index (χ0v) is 35.4. The molecule has 1 aliphatic rings. The van der Waals surface area contributed by atoms with Gasteiger partial charge in [0.15, 0.2) is 0 Å². The Bertz CT molecular complexity index is 1560. The van der Waals surface area contributed by atoms with Crippen molar-refractivity contribution in [3.8, 4) is 0 Å². The average molecular weight is 820 g/mol. The number of ketones is 1. The molecule has 0 unspecified atom stereocenters. The zero-order valence-electron chi connectivity index (χ0n) is 30.8. The molecular weight excluding hydrogens is 763 g/mol. The van der Waals surface area contributed by atoms with Crippen LogP contribution in [-0.2, 0) is 15.8 Å². The van der Waals surface area contributed by atoms with Gasteiger partial charge in [-0.2, -0.15) is 0 Å². The number of ether oxygens (including phenoxy) is 1. The van der Waals surface area contributed by atoms with Gasteiger partial charge in [-0.25, -0.2) is 0 Å². The van der Waals surface area contributed by atoms with Crippen molar-refractivity contribution in [1.29, 1.82) is 0 Å². The summed E-state index contributed by atoms with van der Waals surface area (Å²) in [5.74, 6) is -0.180. The predicted molar refractivity (Wildman–Crippen MR) is 202 cm³/mol. The molecule has 0 aliphatic carbocycles. The van der Waals surface area contributed by atoms with E-state index in [-0.39, 0.29) is 35.8 Å². The van der Waals surface area contributed by atoms with Crippen molar-refractivity contribution < 1.29 is 23.7 Å². The van der Waals surface area contributed by atoms with Crippen LogP contribution >= 0.6 is 11.3 Å². The Morgan fingerprint density at radius 1 is 1.04 bits per heavy atom. The number of carbonyl (C=O) groups is 2. The molecule has 4 rings (SSSR count). The normalized spacial score (nSPS) is 17.2. The molecule has 1 amide bonds. The Hall–Kier alpha value is -2.29. The first-order valence-electron chi connectivity index (χ1n) is 18.0. The third-order valence-corrected chi connectivity index (χ3v) is 34.4. The topological polar surface area (TPSA) is 116 Å². The number of nitro benzene ring substituents is 1. The quantitative estimate of drug-likeness (QED) is 0.0577. The molecule has 0 spiro atoms. The number of rotatable bonds is 17. The second-order valence-corrected chi connectivity index (χ2v) is 35.2. The molecule has 1 saturated heterocycles. The van der Waals surface area contributed by atoms with Gasteiger partial charge >= 0.3 is 270 Å². The number of non-ortho nitro benzene ring substituents is 1. The van der Waals surface area contributed by atoms with E-state index in [1.54, 1.807) is 29.8 Å². The van der Waals surface area contributed by atoms with Gasteiger partial charge < -0.3 is 0 Å². The molecule has 3 aromatic rings. The van der Waals surface area contributed by atoms with Gasteiger partial charge in [-0.3, -0.25) is 10.1 Å². The number of hydrogen-bond donors (Lipinski definition) is 0. The maximum atomic E-state index is 14.5. The van der Waals surface area contributed by atoms with Crippen molar-refractivity contribution in [2.75, 3.05) is 6.54 Å². The first-order chi connectivity index (χ1) is 23.2. The number of benzene rings is 1. The molecular formula is C36H56N4O6SSiSn. The van der Waals surface area contributed by atoms with E-state index >= 15 is 0 Å². The van der Waals surface area contributed by atoms with Crippen molar-refractivity contribution >= 4 is 63.3 Å². The number of nitro groups is 1. The Labute approximate surface area is 301 Å². The number of thiazole rings is 1. The number of carbonyl (C=O) groups excluding carboxylic acids is 2. The fourth-order valence-corrected chi connectivity index (χ4v) is 27.9. The summed E-state index contributed by atoms with van der Waals surface area (Å²) in [6.45, 7) is 17.9. The van der Waals surface area contributed by atoms with Gasteiger partial charge in [-0.1, -0.05) is 0 Å². The van der Waals surface area contributed by atoms with Crippen molar-refractivity contribution in [1.82, 2.24) is 14.3 Å². The van der Waals surface area contributed by atoms with Crippen LogP contribution in [0.15, 0.2) is 36.8 Å². The van der Waals surface area contributed by atoms with Crippen LogP contribution in [-0.4, -0.2) is 76.5 Å². The monoisotopic (exact) mass is 820 g/mol.